The van der Waals surface area contributed by atoms with Crippen molar-refractivity contribution in [1.29, 1.82) is 0 Å². The number of carbonyl (C=O) groups is 2. The molecule has 0 saturated carbocycles. The number of carbonyl (C=O) groups excluding carboxylic acids is 2. The van der Waals surface area contributed by atoms with Crippen molar-refractivity contribution in [3.63, 3.8) is 0 Å². The molecule has 1 amide bonds. The minimum atomic E-state index is -0.408. The lowest BCUT2D eigenvalue weighted by molar-refractivity contribution is 0.0600. The number of esters is 1. The van der Waals surface area contributed by atoms with E-state index in [0.717, 1.165) is 18.5 Å². The van der Waals surface area contributed by atoms with Crippen molar-refractivity contribution < 1.29 is 14.3 Å². The molecule has 6 nitrogen and oxygen atoms in total. The maximum absolute atomic E-state index is 13.2. The van der Waals surface area contributed by atoms with Crippen LogP contribution in [0.25, 0.3) is 0 Å². The fourth-order valence-corrected chi connectivity index (χ4v) is 3.52. The third kappa shape index (κ3) is 3.96. The van der Waals surface area contributed by atoms with E-state index in [1.165, 1.54) is 12.7 Å². The summed E-state index contributed by atoms with van der Waals surface area (Å²) in [5.74, 6) is 0.0726. The van der Waals surface area contributed by atoms with Gasteiger partial charge in [-0.2, -0.15) is 0 Å². The number of hydrogen-bond acceptors (Lipinski definition) is 5. The van der Waals surface area contributed by atoms with Crippen molar-refractivity contribution in [3.05, 3.63) is 83.6 Å². The van der Waals surface area contributed by atoms with Crippen LogP contribution in [0.5, 0.6) is 0 Å². The Hall–Kier alpha value is -3.67. The van der Waals surface area contributed by atoms with Crippen LogP contribution in [0.3, 0.4) is 0 Å². The molecule has 6 heteroatoms. The third-order valence-corrected chi connectivity index (χ3v) is 4.92. The van der Waals surface area contributed by atoms with Gasteiger partial charge in [0.2, 0.25) is 0 Å². The highest BCUT2D eigenvalue weighted by molar-refractivity contribution is 6.07. The number of para-hydroxylation sites is 1. The normalized spacial score (nSPS) is 12.8. The van der Waals surface area contributed by atoms with Crippen LogP contribution in [0.15, 0.2) is 66.9 Å². The van der Waals surface area contributed by atoms with Gasteiger partial charge in [-0.1, -0.05) is 24.3 Å². The second-order valence-corrected chi connectivity index (χ2v) is 6.82. The molecule has 0 unspecified atom stereocenters. The maximum atomic E-state index is 13.2. The molecule has 1 N–H and O–H groups in total. The number of aromatic nitrogens is 1. The summed E-state index contributed by atoms with van der Waals surface area (Å²) in [4.78, 5) is 31.0. The van der Waals surface area contributed by atoms with Crippen molar-refractivity contribution >= 4 is 29.1 Å². The standard InChI is InChI=1S/C23H21N3O3/c1-29-23(28)18-7-4-9-19(14-18)25-21-15-17(11-12-24-21)22(27)26-13-5-8-16-6-2-3-10-20(16)26/h2-4,6-7,9-12,14-15H,5,8,13H2,1H3,(H,24,25). The number of ether oxygens (including phenoxy) is 1. The smallest absolute Gasteiger partial charge is 0.337 e. The maximum Gasteiger partial charge on any atom is 0.337 e. The van der Waals surface area contributed by atoms with E-state index in [2.05, 4.69) is 16.4 Å². The summed E-state index contributed by atoms with van der Waals surface area (Å²) in [5.41, 5.74) is 3.85. The Labute approximate surface area is 169 Å². The van der Waals surface area contributed by atoms with Gasteiger partial charge in [-0.3, -0.25) is 4.79 Å². The van der Waals surface area contributed by atoms with Gasteiger partial charge in [0.25, 0.3) is 5.91 Å². The van der Waals surface area contributed by atoms with E-state index in [9.17, 15) is 9.59 Å². The Morgan fingerprint density at radius 3 is 2.76 bits per heavy atom. The Bertz CT molecular complexity index is 1060. The molecule has 2 aromatic carbocycles. The summed E-state index contributed by atoms with van der Waals surface area (Å²) in [6.07, 6.45) is 3.54. The first-order chi connectivity index (χ1) is 14.2. The van der Waals surface area contributed by atoms with E-state index in [-0.39, 0.29) is 5.91 Å². The quantitative estimate of drug-likeness (QED) is 0.679. The second kappa shape index (κ2) is 8.14. The lowest BCUT2D eigenvalue weighted by atomic mass is 10.0. The number of amides is 1. The summed E-state index contributed by atoms with van der Waals surface area (Å²) in [7, 11) is 1.35. The molecule has 0 fully saturated rings. The topological polar surface area (TPSA) is 71.5 Å². The highest BCUT2D eigenvalue weighted by atomic mass is 16.5. The van der Waals surface area contributed by atoms with Crippen LogP contribution in [0.1, 0.15) is 32.7 Å². The molecular weight excluding hydrogens is 366 g/mol. The number of nitrogens with zero attached hydrogens (tertiary/aromatic N) is 2. The summed E-state index contributed by atoms with van der Waals surface area (Å²) in [6.45, 7) is 0.697. The van der Waals surface area contributed by atoms with E-state index in [4.69, 9.17) is 4.74 Å². The monoisotopic (exact) mass is 387 g/mol. The van der Waals surface area contributed by atoms with Crippen LogP contribution in [0.4, 0.5) is 17.2 Å². The highest BCUT2D eigenvalue weighted by Gasteiger charge is 2.23. The highest BCUT2D eigenvalue weighted by Crippen LogP contribution is 2.28. The first-order valence-electron chi connectivity index (χ1n) is 9.47. The van der Waals surface area contributed by atoms with Crippen molar-refractivity contribution in [1.82, 2.24) is 4.98 Å². The Morgan fingerprint density at radius 2 is 1.90 bits per heavy atom. The molecule has 0 spiro atoms. The van der Waals surface area contributed by atoms with Crippen LogP contribution < -0.4 is 10.2 Å². The van der Waals surface area contributed by atoms with Crippen LogP contribution in [-0.4, -0.2) is 30.5 Å². The molecule has 4 rings (SSSR count). The van der Waals surface area contributed by atoms with Crippen LogP contribution in [0.2, 0.25) is 0 Å². The molecule has 0 saturated heterocycles. The van der Waals surface area contributed by atoms with Crippen molar-refractivity contribution in [2.45, 2.75) is 12.8 Å². The van der Waals surface area contributed by atoms with Gasteiger partial charge in [0, 0.05) is 29.7 Å². The zero-order valence-electron chi connectivity index (χ0n) is 16.1. The average Bonchev–Trinajstić information content (AvgIpc) is 2.78. The number of hydrogen-bond donors (Lipinski definition) is 1. The molecule has 146 valence electrons. The second-order valence-electron chi connectivity index (χ2n) is 6.82. The zero-order valence-corrected chi connectivity index (χ0v) is 16.1. The molecule has 0 radical (unpaired) electrons. The van der Waals surface area contributed by atoms with Crippen molar-refractivity contribution in [2.75, 3.05) is 23.9 Å². The molecule has 1 aliphatic rings. The Balaban J connectivity index is 1.57. The van der Waals surface area contributed by atoms with Crippen LogP contribution >= 0.6 is 0 Å². The number of fused-ring (bicyclic) bond motifs is 1. The Kier molecular flexibility index (Phi) is 5.24. The fraction of sp³-hybridized carbons (Fsp3) is 0.174. The van der Waals surface area contributed by atoms with E-state index in [1.807, 2.05) is 29.2 Å². The molecule has 2 heterocycles. The van der Waals surface area contributed by atoms with Gasteiger partial charge >= 0.3 is 5.97 Å². The first-order valence-corrected chi connectivity index (χ1v) is 9.47. The summed E-state index contributed by atoms with van der Waals surface area (Å²) >= 11 is 0. The van der Waals surface area contributed by atoms with Gasteiger partial charge in [-0.15, -0.1) is 0 Å². The fourth-order valence-electron chi connectivity index (χ4n) is 3.52. The number of anilines is 3. The molecule has 1 aliphatic heterocycles. The number of nitrogens with one attached hydrogen (secondary N) is 1. The largest absolute Gasteiger partial charge is 0.465 e. The number of pyridine rings is 1. The van der Waals surface area contributed by atoms with E-state index >= 15 is 0 Å². The molecule has 1 aromatic heterocycles. The molecule has 0 bridgehead atoms. The van der Waals surface area contributed by atoms with Gasteiger partial charge in [0.05, 0.1) is 12.7 Å². The van der Waals surface area contributed by atoms with Gasteiger partial charge in [0.15, 0.2) is 0 Å². The van der Waals surface area contributed by atoms with Gasteiger partial charge in [-0.25, -0.2) is 9.78 Å². The number of aryl methyl sites for hydroxylation is 1. The Morgan fingerprint density at radius 1 is 1.03 bits per heavy atom. The molecule has 0 atom stereocenters. The number of rotatable bonds is 4. The molecule has 3 aromatic rings. The summed E-state index contributed by atoms with van der Waals surface area (Å²) < 4.78 is 4.76. The van der Waals surface area contributed by atoms with Gasteiger partial charge in [0.1, 0.15) is 5.82 Å². The van der Waals surface area contributed by atoms with Gasteiger partial charge in [-0.05, 0) is 54.8 Å². The van der Waals surface area contributed by atoms with Crippen molar-refractivity contribution in [3.8, 4) is 0 Å². The minimum Gasteiger partial charge on any atom is -0.465 e. The lowest BCUT2D eigenvalue weighted by Gasteiger charge is -2.29. The summed E-state index contributed by atoms with van der Waals surface area (Å²) in [6, 6.07) is 18.4. The average molecular weight is 387 g/mol. The molecule has 0 aliphatic carbocycles. The van der Waals surface area contributed by atoms with E-state index < -0.39 is 5.97 Å². The van der Waals surface area contributed by atoms with E-state index in [0.29, 0.717) is 29.2 Å². The third-order valence-electron chi connectivity index (χ3n) is 4.92. The predicted molar refractivity (Wildman–Crippen MR) is 112 cm³/mol. The molecular formula is C23H21N3O3. The SMILES string of the molecule is COC(=O)c1cccc(Nc2cc(C(=O)N3CCCc4ccccc43)ccn2)c1. The predicted octanol–water partition coefficient (Wildman–Crippen LogP) is 4.20. The summed E-state index contributed by atoms with van der Waals surface area (Å²) in [5, 5.41) is 3.15. The van der Waals surface area contributed by atoms with Crippen molar-refractivity contribution in [2.24, 2.45) is 0 Å². The zero-order chi connectivity index (χ0) is 20.2. The van der Waals surface area contributed by atoms with Crippen LogP contribution in [0, 0.1) is 0 Å². The van der Waals surface area contributed by atoms with Gasteiger partial charge < -0.3 is 15.0 Å². The first kappa shape index (κ1) is 18.7. The minimum absolute atomic E-state index is 0.0501. The number of methoxy groups -OCH3 is 1. The van der Waals surface area contributed by atoms with Crippen LogP contribution in [-0.2, 0) is 11.2 Å². The van der Waals surface area contributed by atoms with E-state index in [1.54, 1.807) is 36.5 Å². The number of benzene rings is 2. The molecule has 29 heavy (non-hydrogen) atoms. The lowest BCUT2D eigenvalue weighted by Crippen LogP contribution is -2.35.